The molecule has 7 heteroatoms. The van der Waals surface area contributed by atoms with Crippen LogP contribution in [-0.2, 0) is 18.9 Å². The lowest BCUT2D eigenvalue weighted by molar-refractivity contribution is -0.894. The molecule has 59 heavy (non-hydrogen) atoms. The van der Waals surface area contributed by atoms with Crippen LogP contribution in [0.5, 0.6) is 0 Å². The average Bonchev–Trinajstić information content (AvgIpc) is 3.24. The van der Waals surface area contributed by atoms with Gasteiger partial charge in [-0.3, -0.25) is 0 Å². The Morgan fingerprint density at radius 3 is 1.20 bits per heavy atom. The van der Waals surface area contributed by atoms with Gasteiger partial charge in [-0.15, -0.1) is 0 Å². The van der Waals surface area contributed by atoms with E-state index in [1.54, 1.807) is 0 Å². The van der Waals surface area contributed by atoms with Crippen molar-refractivity contribution in [2.24, 2.45) is 0 Å². The molecule has 0 saturated heterocycles. The Morgan fingerprint density at radius 1 is 0.441 bits per heavy atom. The lowest BCUT2D eigenvalue weighted by Gasteiger charge is -2.33. The summed E-state index contributed by atoms with van der Waals surface area (Å²) in [6.45, 7) is 15.0. The van der Waals surface area contributed by atoms with Crippen LogP contribution in [0.4, 0.5) is 0 Å². The van der Waals surface area contributed by atoms with Crippen molar-refractivity contribution >= 4 is 15.9 Å². The smallest absolute Gasteiger partial charge is 0.130 e. The molecule has 0 aliphatic carbocycles. The number of hydrogen-bond acceptors (Lipinski definition) is 5. The fraction of sp³-hybridized carbons (Fsp3) is 0.923. The number of nitrogens with zero attached hydrogens (tertiary/aromatic N) is 1. The van der Waals surface area contributed by atoms with Gasteiger partial charge in [-0.1, -0.05) is 196 Å². The van der Waals surface area contributed by atoms with Crippen LogP contribution in [0, 0.1) is 0 Å². The largest absolute Gasteiger partial charge is 0.394 e. The lowest BCUT2D eigenvalue weighted by Crippen LogP contribution is -2.49. The molecule has 0 bridgehead atoms. The maximum absolute atomic E-state index is 8.86. The highest BCUT2D eigenvalue weighted by molar-refractivity contribution is 9.08. The quantitative estimate of drug-likeness (QED) is 0.0285. The molecule has 0 fully saturated rings. The van der Waals surface area contributed by atoms with Gasteiger partial charge in [0.1, 0.15) is 19.2 Å². The summed E-state index contributed by atoms with van der Waals surface area (Å²) < 4.78 is 24.7. The zero-order chi connectivity index (χ0) is 44.0. The monoisotopic (exact) mass is 905 g/mol. The lowest BCUT2D eigenvalue weighted by atomic mass is 10.1. The van der Waals surface area contributed by atoms with Gasteiger partial charge in [0.25, 0.3) is 0 Å². The van der Waals surface area contributed by atoms with Crippen molar-refractivity contribution in [2.45, 2.75) is 226 Å². The fourth-order valence-electron chi connectivity index (χ4n) is 7.11. The van der Waals surface area contributed by atoms with Gasteiger partial charge in [0, 0.05) is 13.2 Å². The van der Waals surface area contributed by atoms with Crippen LogP contribution in [0.15, 0.2) is 24.3 Å². The molecule has 0 heterocycles. The van der Waals surface area contributed by atoms with Gasteiger partial charge in [0.2, 0.25) is 0 Å². The number of likely N-dealkylation sites (N-methyl/N-ethyl adjacent to an activating group) is 1. The molecule has 1 atom stereocenters. The standard InChI is InChI=1S/C49H98NO5.C2H6.CH3Br/c1-5-7-9-11-13-15-17-19-21-23-24-25-27-29-31-33-35-37-41-54-48-49(47-50(3,4)39-43-52-45-46-53-44-40-51)55-42-38-36-34-32-30-28-26-22-20-18-16-14-12-10-8-6-2;2*1-2/h18-21,49,51H,5-17,22-48H2,1-4H3;1-2H3;1H3/q+1;;/b20-18-,21-19-;;. The first-order valence-electron chi connectivity index (χ1n) is 25.5. The SMILES string of the molecule is CBr.CC.CCCCCCC/C=C\CCCCCCCCCOC(COCCCCCCCCCC/C=C\CCCCCCCC)C[N+](C)(C)CCOCCOCCO. The minimum Gasteiger partial charge on any atom is -0.394 e. The van der Waals surface area contributed by atoms with Crippen LogP contribution in [-0.4, -0.2) is 102 Å². The van der Waals surface area contributed by atoms with E-state index >= 15 is 0 Å². The van der Waals surface area contributed by atoms with E-state index < -0.39 is 0 Å². The summed E-state index contributed by atoms with van der Waals surface area (Å²) in [4.78, 5) is 0. The number of rotatable bonds is 47. The Morgan fingerprint density at radius 2 is 0.797 bits per heavy atom. The van der Waals surface area contributed by atoms with E-state index in [0.29, 0.717) is 33.0 Å². The maximum atomic E-state index is 8.86. The van der Waals surface area contributed by atoms with Crippen LogP contribution in [0.25, 0.3) is 0 Å². The number of halogens is 1. The molecule has 1 N–H and O–H groups in total. The number of allylic oxidation sites excluding steroid dienone is 4. The molecule has 6 nitrogen and oxygen atoms in total. The van der Waals surface area contributed by atoms with Gasteiger partial charge in [-0.05, 0) is 70.0 Å². The molecule has 0 radical (unpaired) electrons. The number of unbranched alkanes of at least 4 members (excludes halogenated alkanes) is 26. The van der Waals surface area contributed by atoms with Crippen molar-refractivity contribution in [1.29, 1.82) is 0 Å². The first-order chi connectivity index (χ1) is 29.1. The van der Waals surface area contributed by atoms with Crippen molar-refractivity contribution in [3.05, 3.63) is 24.3 Å². The summed E-state index contributed by atoms with van der Waals surface area (Å²) >= 11 is 2.94. The number of hydrogen-bond donors (Lipinski definition) is 1. The second kappa shape index (κ2) is 57.7. The second-order valence-electron chi connectivity index (χ2n) is 16.9. The van der Waals surface area contributed by atoms with Crippen LogP contribution in [0.1, 0.15) is 220 Å². The third-order valence-corrected chi connectivity index (χ3v) is 10.8. The highest BCUT2D eigenvalue weighted by Gasteiger charge is 2.23. The molecular formula is C52H107BrNO5+. The van der Waals surface area contributed by atoms with Crippen LogP contribution in [0.2, 0.25) is 0 Å². The molecule has 1 unspecified atom stereocenters. The normalized spacial score (nSPS) is 12.2. The number of aliphatic hydroxyl groups excluding tert-OH is 1. The van der Waals surface area contributed by atoms with Crippen molar-refractivity contribution in [3.8, 4) is 0 Å². The zero-order valence-corrected chi connectivity index (χ0v) is 42.7. The summed E-state index contributed by atoms with van der Waals surface area (Å²) in [7, 11) is 4.53. The van der Waals surface area contributed by atoms with Gasteiger partial charge in [0.15, 0.2) is 0 Å². The number of alkyl halides is 1. The third-order valence-electron chi connectivity index (χ3n) is 10.8. The van der Waals surface area contributed by atoms with Crippen molar-refractivity contribution in [1.82, 2.24) is 0 Å². The van der Waals surface area contributed by atoms with E-state index in [1.807, 2.05) is 19.7 Å². The predicted octanol–water partition coefficient (Wildman–Crippen LogP) is 15.4. The van der Waals surface area contributed by atoms with Crippen molar-refractivity contribution < 1.29 is 28.5 Å². The molecule has 0 spiro atoms. The van der Waals surface area contributed by atoms with E-state index in [0.717, 1.165) is 43.6 Å². The zero-order valence-electron chi connectivity index (χ0n) is 41.1. The Kier molecular flexibility index (Phi) is 61.6. The second-order valence-corrected chi connectivity index (χ2v) is 16.9. The summed E-state index contributed by atoms with van der Waals surface area (Å²) in [6, 6.07) is 0. The summed E-state index contributed by atoms with van der Waals surface area (Å²) in [5, 5.41) is 8.86. The Labute approximate surface area is 379 Å². The summed E-state index contributed by atoms with van der Waals surface area (Å²) in [6.07, 6.45) is 49.8. The molecule has 0 aromatic rings. The minimum atomic E-state index is 0.0582. The van der Waals surface area contributed by atoms with Crippen molar-refractivity contribution in [3.63, 3.8) is 0 Å². The number of aliphatic hydroxyl groups is 1. The van der Waals surface area contributed by atoms with Crippen molar-refractivity contribution in [2.75, 3.05) is 85.9 Å². The van der Waals surface area contributed by atoms with Crippen LogP contribution in [0.3, 0.4) is 0 Å². The van der Waals surface area contributed by atoms with Gasteiger partial charge < -0.3 is 28.5 Å². The fourth-order valence-corrected chi connectivity index (χ4v) is 7.11. The van der Waals surface area contributed by atoms with Crippen LogP contribution < -0.4 is 0 Å². The van der Waals surface area contributed by atoms with Gasteiger partial charge >= 0.3 is 0 Å². The summed E-state index contributed by atoms with van der Waals surface area (Å²) in [5.74, 6) is 1.81. The average molecular weight is 906 g/mol. The predicted molar refractivity (Wildman–Crippen MR) is 265 cm³/mol. The highest BCUT2D eigenvalue weighted by Crippen LogP contribution is 2.14. The van der Waals surface area contributed by atoms with E-state index in [1.165, 1.54) is 180 Å². The van der Waals surface area contributed by atoms with Crippen LogP contribution >= 0.6 is 15.9 Å². The molecule has 0 aliphatic rings. The minimum absolute atomic E-state index is 0.0582. The molecule has 356 valence electrons. The Balaban J connectivity index is -0.00000758. The first-order valence-corrected chi connectivity index (χ1v) is 27.1. The van der Waals surface area contributed by atoms with E-state index in [9.17, 15) is 0 Å². The molecule has 0 aliphatic heterocycles. The first kappa shape index (κ1) is 63.0. The topological polar surface area (TPSA) is 57.2 Å². The number of ether oxygens (including phenoxy) is 4. The van der Waals surface area contributed by atoms with E-state index in [4.69, 9.17) is 24.1 Å². The third kappa shape index (κ3) is 57.7. The van der Waals surface area contributed by atoms with E-state index in [-0.39, 0.29) is 12.7 Å². The molecule has 0 amide bonds. The molecular weight excluding hydrogens is 798 g/mol. The molecule has 0 aromatic carbocycles. The van der Waals surface area contributed by atoms with Gasteiger partial charge in [0.05, 0.1) is 53.7 Å². The molecule has 0 rings (SSSR count). The van der Waals surface area contributed by atoms with Gasteiger partial charge in [-0.25, -0.2) is 0 Å². The maximum Gasteiger partial charge on any atom is 0.130 e. The number of quaternary nitrogens is 1. The molecule has 0 saturated carbocycles. The summed E-state index contributed by atoms with van der Waals surface area (Å²) in [5.41, 5.74) is 0. The highest BCUT2D eigenvalue weighted by atomic mass is 79.9. The van der Waals surface area contributed by atoms with E-state index in [2.05, 4.69) is 68.2 Å². The Bertz CT molecular complexity index is 780. The Hall–Kier alpha value is -0.280. The molecule has 0 aromatic heterocycles. The van der Waals surface area contributed by atoms with Gasteiger partial charge in [-0.2, -0.15) is 0 Å².